The molecule has 4 N–H and O–H groups in total. The number of carbonyl (C=O) groups is 1. The highest BCUT2D eigenvalue weighted by Gasteiger charge is 2.47. The number of ether oxygens (including phenoxy) is 1. The zero-order chi connectivity index (χ0) is 23.1. The highest BCUT2D eigenvalue weighted by molar-refractivity contribution is 7.12. The molecule has 1 saturated heterocycles. The van der Waals surface area contributed by atoms with Crippen LogP contribution in [0.2, 0.25) is 0 Å². The zero-order valence-electron chi connectivity index (χ0n) is 17.3. The lowest BCUT2D eigenvalue weighted by molar-refractivity contribution is -0.135. The molecule has 0 bridgehead atoms. The molecule has 2 aliphatic rings. The predicted octanol–water partition coefficient (Wildman–Crippen LogP) is 1.37. The van der Waals surface area contributed by atoms with E-state index in [1.165, 1.54) is 4.68 Å². The van der Waals surface area contributed by atoms with Crippen LogP contribution < -0.4 is 5.73 Å². The van der Waals surface area contributed by atoms with Crippen molar-refractivity contribution in [3.63, 3.8) is 0 Å². The van der Waals surface area contributed by atoms with Crippen LogP contribution in [-0.2, 0) is 47.4 Å². The van der Waals surface area contributed by atoms with Crippen LogP contribution in [0.1, 0.15) is 39.3 Å². The first-order valence-electron chi connectivity index (χ1n) is 10.3. The fourth-order valence-corrected chi connectivity index (χ4v) is 5.93. The average molecular weight is 475 g/mol. The number of hydrogen-bond acceptors (Lipinski definition) is 7. The van der Waals surface area contributed by atoms with Crippen molar-refractivity contribution in [3.05, 3.63) is 38.8 Å². The molecular weight excluding hydrogens is 449 g/mol. The van der Waals surface area contributed by atoms with Crippen LogP contribution in [-0.4, -0.2) is 56.6 Å². The third-order valence-corrected chi connectivity index (χ3v) is 7.63. The lowest BCUT2D eigenvalue weighted by Crippen LogP contribution is -2.45. The molecule has 1 spiro atoms. The smallest absolute Gasteiger partial charge is 0.392 e. The fraction of sp³-hybridized carbons (Fsp3) is 0.600. The maximum absolute atomic E-state index is 13.5. The summed E-state index contributed by atoms with van der Waals surface area (Å²) in [5.74, 6) is -0.818. The van der Waals surface area contributed by atoms with Crippen molar-refractivity contribution in [2.24, 2.45) is 5.73 Å². The van der Waals surface area contributed by atoms with Gasteiger partial charge in [0.25, 0.3) is 0 Å². The van der Waals surface area contributed by atoms with Crippen molar-refractivity contribution < 1.29 is 32.9 Å². The molecule has 2 aliphatic heterocycles. The summed E-state index contributed by atoms with van der Waals surface area (Å²) >= 11 is 0.712. The van der Waals surface area contributed by atoms with Crippen LogP contribution >= 0.6 is 11.3 Å². The number of fused-ring (bicyclic) bond motifs is 2. The van der Waals surface area contributed by atoms with E-state index in [9.17, 15) is 28.2 Å². The van der Waals surface area contributed by atoms with Gasteiger partial charge in [-0.25, -0.2) is 0 Å². The van der Waals surface area contributed by atoms with Gasteiger partial charge in [0.15, 0.2) is 6.10 Å². The van der Waals surface area contributed by atoms with Crippen molar-refractivity contribution in [1.29, 1.82) is 0 Å². The van der Waals surface area contributed by atoms with E-state index in [0.717, 1.165) is 5.56 Å². The minimum atomic E-state index is -4.50. The van der Waals surface area contributed by atoms with Crippen molar-refractivity contribution in [1.82, 2.24) is 14.7 Å². The van der Waals surface area contributed by atoms with E-state index in [1.807, 2.05) is 0 Å². The number of hydrogen-bond donors (Lipinski definition) is 3. The molecule has 0 aliphatic carbocycles. The van der Waals surface area contributed by atoms with Gasteiger partial charge in [0.05, 0.1) is 26.0 Å². The minimum Gasteiger partial charge on any atom is -0.392 e. The Balaban J connectivity index is 1.45. The average Bonchev–Trinajstić information content (AvgIpc) is 3.34. The topological polar surface area (TPSA) is 114 Å². The predicted molar refractivity (Wildman–Crippen MR) is 109 cm³/mol. The first-order valence-corrected chi connectivity index (χ1v) is 11.1. The molecule has 1 amide bonds. The van der Waals surface area contributed by atoms with Gasteiger partial charge >= 0.3 is 6.18 Å². The molecule has 1 atom stereocenters. The summed E-state index contributed by atoms with van der Waals surface area (Å²) in [5.41, 5.74) is 5.79. The van der Waals surface area contributed by atoms with Crippen LogP contribution in [0.15, 0.2) is 12.4 Å². The van der Waals surface area contributed by atoms with Crippen LogP contribution in [0.3, 0.4) is 0 Å². The summed E-state index contributed by atoms with van der Waals surface area (Å²) in [6, 6.07) is 0. The second kappa shape index (κ2) is 8.75. The van der Waals surface area contributed by atoms with Gasteiger partial charge in [-0.2, -0.15) is 18.3 Å². The Kier molecular flexibility index (Phi) is 6.34. The van der Waals surface area contributed by atoms with Gasteiger partial charge in [0, 0.05) is 41.8 Å². The second-order valence-corrected chi connectivity index (χ2v) is 9.25. The summed E-state index contributed by atoms with van der Waals surface area (Å²) in [6.45, 7) is 1.52. The molecule has 1 unspecified atom stereocenters. The van der Waals surface area contributed by atoms with Crippen molar-refractivity contribution in [2.75, 3.05) is 19.7 Å². The fourth-order valence-electron chi connectivity index (χ4n) is 4.50. The summed E-state index contributed by atoms with van der Waals surface area (Å²) in [6.07, 6.45) is -0.950. The third kappa shape index (κ3) is 4.42. The number of likely N-dealkylation sites (tertiary alicyclic amines) is 1. The SMILES string of the molecule is NC(=O)C(O)Cn1cc(CN2CCC3(CC2)OCCc2c3sc(C(F)(F)F)c2CO)cn1. The molecule has 176 valence electrons. The van der Waals surface area contributed by atoms with Gasteiger partial charge in [-0.3, -0.25) is 14.4 Å². The number of aliphatic hydroxyl groups excluding tert-OH is 2. The number of aliphatic hydroxyl groups is 2. The largest absolute Gasteiger partial charge is 0.425 e. The maximum Gasteiger partial charge on any atom is 0.425 e. The number of carbonyl (C=O) groups excluding carboxylic acids is 1. The highest BCUT2D eigenvalue weighted by atomic mass is 32.1. The number of aromatic nitrogens is 2. The molecule has 1 fully saturated rings. The lowest BCUT2D eigenvalue weighted by Gasteiger charge is -2.43. The number of amides is 1. The van der Waals surface area contributed by atoms with Crippen molar-refractivity contribution in [3.8, 4) is 0 Å². The van der Waals surface area contributed by atoms with Crippen LogP contribution in [0.4, 0.5) is 13.2 Å². The van der Waals surface area contributed by atoms with E-state index in [-0.39, 0.29) is 12.1 Å². The molecule has 4 rings (SSSR count). The van der Waals surface area contributed by atoms with E-state index >= 15 is 0 Å². The Morgan fingerprint density at radius 3 is 2.72 bits per heavy atom. The summed E-state index contributed by atoms with van der Waals surface area (Å²) in [4.78, 5) is 13.0. The Morgan fingerprint density at radius 1 is 1.38 bits per heavy atom. The number of nitrogens with two attached hydrogens (primary N) is 1. The van der Waals surface area contributed by atoms with Gasteiger partial charge in [-0.05, 0) is 24.8 Å². The van der Waals surface area contributed by atoms with Crippen molar-refractivity contribution >= 4 is 17.2 Å². The quantitative estimate of drug-likeness (QED) is 0.583. The molecule has 0 aromatic carbocycles. The standard InChI is InChI=1S/C20H25F3N4O4S/c21-20(22,23)17-14(11-28)13-1-6-31-19(16(13)32-17)2-4-26(5-3-19)8-12-7-25-27(9-12)10-15(29)18(24)30/h7,9,15,28-29H,1-6,8,10-11H2,(H2,24,30). The number of rotatable bonds is 6. The Labute approximate surface area is 186 Å². The first kappa shape index (κ1) is 23.2. The van der Waals surface area contributed by atoms with E-state index in [0.29, 0.717) is 67.3 Å². The number of halogens is 3. The summed E-state index contributed by atoms with van der Waals surface area (Å²) in [5, 5.41) is 23.3. The second-order valence-electron chi connectivity index (χ2n) is 8.23. The number of piperidine rings is 1. The van der Waals surface area contributed by atoms with E-state index < -0.39 is 35.3 Å². The summed E-state index contributed by atoms with van der Waals surface area (Å²) < 4.78 is 48.1. The lowest BCUT2D eigenvalue weighted by atomic mass is 9.84. The Hall–Kier alpha value is -1.99. The van der Waals surface area contributed by atoms with Gasteiger partial charge in [-0.1, -0.05) is 0 Å². The summed E-state index contributed by atoms with van der Waals surface area (Å²) in [7, 11) is 0. The molecule has 2 aromatic heterocycles. The number of alkyl halides is 3. The van der Waals surface area contributed by atoms with Gasteiger partial charge in [0.2, 0.25) is 5.91 Å². The number of primary amides is 1. The third-order valence-electron chi connectivity index (χ3n) is 6.12. The van der Waals surface area contributed by atoms with Crippen LogP contribution in [0.5, 0.6) is 0 Å². The molecule has 4 heterocycles. The highest BCUT2D eigenvalue weighted by Crippen LogP contribution is 2.50. The number of nitrogens with zero attached hydrogens (tertiary/aromatic N) is 3. The first-order chi connectivity index (χ1) is 15.1. The van der Waals surface area contributed by atoms with E-state index in [4.69, 9.17) is 10.5 Å². The van der Waals surface area contributed by atoms with Crippen molar-refractivity contribution in [2.45, 2.75) is 56.8 Å². The molecular formula is C20H25F3N4O4S. The molecule has 0 saturated carbocycles. The monoisotopic (exact) mass is 474 g/mol. The van der Waals surface area contributed by atoms with Gasteiger partial charge in [-0.15, -0.1) is 11.3 Å². The van der Waals surface area contributed by atoms with Crippen LogP contribution in [0.25, 0.3) is 0 Å². The normalized spacial score (nSPS) is 19.8. The number of thiophene rings is 1. The Bertz CT molecular complexity index is 982. The van der Waals surface area contributed by atoms with E-state index in [2.05, 4.69) is 10.00 Å². The maximum atomic E-state index is 13.5. The Morgan fingerprint density at radius 2 is 2.09 bits per heavy atom. The molecule has 12 heteroatoms. The van der Waals surface area contributed by atoms with E-state index in [1.54, 1.807) is 12.4 Å². The molecule has 0 radical (unpaired) electrons. The van der Waals surface area contributed by atoms with Gasteiger partial charge in [0.1, 0.15) is 10.5 Å². The molecule has 8 nitrogen and oxygen atoms in total. The van der Waals surface area contributed by atoms with Gasteiger partial charge < -0.3 is 20.7 Å². The molecule has 32 heavy (non-hydrogen) atoms. The molecule has 2 aromatic rings. The zero-order valence-corrected chi connectivity index (χ0v) is 18.1. The minimum absolute atomic E-state index is 0.00633. The van der Waals surface area contributed by atoms with Crippen LogP contribution in [0, 0.1) is 0 Å².